The number of allylic oxidation sites excluding steroid dienone is 4. The van der Waals surface area contributed by atoms with E-state index in [9.17, 15) is 0 Å². The maximum Gasteiger partial charge on any atom is 0.0930 e. The zero-order chi connectivity index (χ0) is 13.2. The highest BCUT2D eigenvalue weighted by Gasteiger charge is 1.95. The van der Waals surface area contributed by atoms with Gasteiger partial charge in [0.15, 0.2) is 0 Å². The number of benzene rings is 1. The molecule has 3 nitrogen and oxygen atoms in total. The van der Waals surface area contributed by atoms with Gasteiger partial charge in [-0.05, 0) is 17.7 Å². The lowest BCUT2D eigenvalue weighted by Crippen LogP contribution is -2.72. The zero-order valence-corrected chi connectivity index (χ0v) is 11.0. The van der Waals surface area contributed by atoms with Crippen LogP contribution in [0.15, 0.2) is 72.0 Å². The third-order valence-electron chi connectivity index (χ3n) is 2.30. The van der Waals surface area contributed by atoms with Crippen LogP contribution in [0.3, 0.4) is 0 Å². The Labute approximate surface area is 109 Å². The van der Waals surface area contributed by atoms with E-state index in [1.165, 1.54) is 0 Å². The largest absolute Gasteiger partial charge is 0.322 e. The van der Waals surface area contributed by atoms with E-state index in [0.29, 0.717) is 0 Å². The first kappa shape index (κ1) is 13.9. The molecular weight excluding hydrogens is 222 g/mol. The fourth-order valence-corrected chi connectivity index (χ4v) is 1.35. The molecule has 0 saturated heterocycles. The van der Waals surface area contributed by atoms with Gasteiger partial charge < -0.3 is 5.32 Å². The summed E-state index contributed by atoms with van der Waals surface area (Å²) < 4.78 is 0. The van der Waals surface area contributed by atoms with Gasteiger partial charge in [-0.25, -0.2) is 0 Å². The highest BCUT2D eigenvalue weighted by atomic mass is 15.4. The van der Waals surface area contributed by atoms with E-state index in [4.69, 9.17) is 0 Å². The Morgan fingerprint density at radius 2 is 2.06 bits per heavy atom. The smallest absolute Gasteiger partial charge is 0.0930 e. The van der Waals surface area contributed by atoms with Crippen molar-refractivity contribution in [3.63, 3.8) is 0 Å². The monoisotopic (exact) mass is 242 g/mol. The molecule has 0 heterocycles. The van der Waals surface area contributed by atoms with Crippen LogP contribution in [0.4, 0.5) is 5.69 Å². The third-order valence-corrected chi connectivity index (χ3v) is 2.30. The van der Waals surface area contributed by atoms with Gasteiger partial charge in [-0.1, -0.05) is 36.9 Å². The Hall–Kier alpha value is -2.13. The number of nitrogens with two attached hydrogens (primary N) is 1. The Balaban J connectivity index is 2.75. The number of rotatable bonds is 6. The fraction of sp³-hybridized carbons (Fsp3) is 0.133. The van der Waals surface area contributed by atoms with Crippen molar-refractivity contribution in [3.8, 4) is 0 Å². The predicted molar refractivity (Wildman–Crippen MR) is 78.6 cm³/mol. The van der Waals surface area contributed by atoms with Gasteiger partial charge >= 0.3 is 0 Å². The van der Waals surface area contributed by atoms with Crippen LogP contribution < -0.4 is 10.3 Å². The van der Waals surface area contributed by atoms with Crippen LogP contribution in [-0.4, -0.2) is 20.3 Å². The third kappa shape index (κ3) is 4.80. The number of para-hydroxylation sites is 1. The Kier molecular flexibility index (Phi) is 6.22. The molecule has 0 atom stereocenters. The molecular formula is C15H20N3+. The van der Waals surface area contributed by atoms with Gasteiger partial charge in [0.1, 0.15) is 0 Å². The van der Waals surface area contributed by atoms with Crippen LogP contribution in [-0.2, 0) is 0 Å². The summed E-state index contributed by atoms with van der Waals surface area (Å²) in [4.78, 5) is 0. The minimum Gasteiger partial charge on any atom is -0.322 e. The van der Waals surface area contributed by atoms with Gasteiger partial charge in [-0.2, -0.15) is 5.10 Å². The van der Waals surface area contributed by atoms with Crippen molar-refractivity contribution in [1.82, 2.24) is 0 Å². The van der Waals surface area contributed by atoms with E-state index in [0.717, 1.165) is 11.3 Å². The summed E-state index contributed by atoms with van der Waals surface area (Å²) in [6, 6.07) is 10.0. The van der Waals surface area contributed by atoms with Crippen LogP contribution >= 0.6 is 0 Å². The molecule has 0 radical (unpaired) electrons. The molecule has 0 bridgehead atoms. The lowest BCUT2D eigenvalue weighted by molar-refractivity contribution is -0.556. The molecule has 0 aliphatic heterocycles. The first-order valence-corrected chi connectivity index (χ1v) is 5.89. The van der Waals surface area contributed by atoms with Crippen LogP contribution in [0.2, 0.25) is 0 Å². The van der Waals surface area contributed by atoms with Gasteiger partial charge in [-0.15, -0.1) is 0 Å². The molecule has 0 saturated carbocycles. The molecule has 94 valence electrons. The van der Waals surface area contributed by atoms with Crippen molar-refractivity contribution in [1.29, 1.82) is 0 Å². The maximum absolute atomic E-state index is 4.39. The van der Waals surface area contributed by atoms with Crippen molar-refractivity contribution in [2.45, 2.75) is 0 Å². The number of nitrogens with zero attached hydrogens (tertiary/aromatic N) is 2. The number of hydrogen-bond donors (Lipinski definition) is 1. The highest BCUT2D eigenvalue weighted by molar-refractivity contribution is 5.83. The molecule has 0 spiro atoms. The molecule has 1 aromatic carbocycles. The molecule has 18 heavy (non-hydrogen) atoms. The summed E-state index contributed by atoms with van der Waals surface area (Å²) in [6.45, 7) is 3.70. The Morgan fingerprint density at radius 3 is 2.67 bits per heavy atom. The van der Waals surface area contributed by atoms with Crippen molar-refractivity contribution in [3.05, 3.63) is 66.9 Å². The van der Waals surface area contributed by atoms with Crippen molar-refractivity contribution < 1.29 is 5.32 Å². The molecule has 2 N–H and O–H groups in total. The molecule has 0 unspecified atom stereocenters. The van der Waals surface area contributed by atoms with E-state index in [1.54, 1.807) is 6.08 Å². The SMILES string of the molecule is C=CC=C(C=C[NH2+]C)C=NN(C)c1ccccc1. The average molecular weight is 242 g/mol. The molecule has 0 aliphatic carbocycles. The first-order valence-electron chi connectivity index (χ1n) is 5.89. The molecule has 3 heteroatoms. The average Bonchev–Trinajstić information content (AvgIpc) is 2.42. The van der Waals surface area contributed by atoms with E-state index >= 15 is 0 Å². The Morgan fingerprint density at radius 1 is 1.33 bits per heavy atom. The van der Waals surface area contributed by atoms with Crippen molar-refractivity contribution in [2.75, 3.05) is 19.1 Å². The Bertz CT molecular complexity index is 444. The fourth-order valence-electron chi connectivity index (χ4n) is 1.35. The molecule has 1 aromatic rings. The number of quaternary nitrogens is 1. The van der Waals surface area contributed by atoms with E-state index in [1.807, 2.05) is 79.3 Å². The van der Waals surface area contributed by atoms with E-state index in [-0.39, 0.29) is 0 Å². The quantitative estimate of drug-likeness (QED) is 0.461. The van der Waals surface area contributed by atoms with Crippen LogP contribution in [0.25, 0.3) is 0 Å². The summed E-state index contributed by atoms with van der Waals surface area (Å²) in [6.07, 6.45) is 9.45. The van der Waals surface area contributed by atoms with Gasteiger partial charge in [-0.3, -0.25) is 5.01 Å². The van der Waals surface area contributed by atoms with Crippen molar-refractivity contribution >= 4 is 11.9 Å². The number of hydrogen-bond acceptors (Lipinski definition) is 2. The van der Waals surface area contributed by atoms with E-state index in [2.05, 4.69) is 11.7 Å². The second-order valence-corrected chi connectivity index (χ2v) is 3.70. The van der Waals surface area contributed by atoms with Gasteiger partial charge in [0.25, 0.3) is 0 Å². The summed E-state index contributed by atoms with van der Waals surface area (Å²) in [7, 11) is 3.91. The first-order chi connectivity index (χ1) is 8.77. The van der Waals surface area contributed by atoms with Crippen molar-refractivity contribution in [2.24, 2.45) is 5.10 Å². The van der Waals surface area contributed by atoms with Crippen LogP contribution in [0, 0.1) is 0 Å². The maximum atomic E-state index is 4.39. The van der Waals surface area contributed by atoms with E-state index < -0.39 is 0 Å². The second kappa shape index (κ2) is 8.03. The zero-order valence-electron chi connectivity index (χ0n) is 11.0. The summed E-state index contributed by atoms with van der Waals surface area (Å²) >= 11 is 0. The normalized spacial score (nSPS) is 12.2. The molecule has 0 aromatic heterocycles. The number of hydrazone groups is 1. The highest BCUT2D eigenvalue weighted by Crippen LogP contribution is 2.10. The molecule has 0 fully saturated rings. The minimum absolute atomic E-state index is 1.01. The molecule has 0 aliphatic rings. The lowest BCUT2D eigenvalue weighted by atomic mass is 10.2. The van der Waals surface area contributed by atoms with Gasteiger partial charge in [0, 0.05) is 13.1 Å². The predicted octanol–water partition coefficient (Wildman–Crippen LogP) is 1.93. The topological polar surface area (TPSA) is 32.2 Å². The second-order valence-electron chi connectivity index (χ2n) is 3.70. The standard InChI is InChI=1S/C15H19N3/c1-4-8-14(11-12-16-2)13-17-18(3)15-9-6-5-7-10-15/h4-13,16H,1H2,2-3H3/p+1. The minimum atomic E-state index is 1.01. The summed E-state index contributed by atoms with van der Waals surface area (Å²) in [5, 5.41) is 8.20. The van der Waals surface area contributed by atoms with Crippen LogP contribution in [0.5, 0.6) is 0 Å². The van der Waals surface area contributed by atoms with Gasteiger partial charge in [0.05, 0.1) is 25.1 Å². The molecule has 1 rings (SSSR count). The number of anilines is 1. The van der Waals surface area contributed by atoms with Gasteiger partial charge in [0.2, 0.25) is 0 Å². The summed E-state index contributed by atoms with van der Waals surface area (Å²) in [5.74, 6) is 0. The summed E-state index contributed by atoms with van der Waals surface area (Å²) in [5.41, 5.74) is 2.06. The lowest BCUT2D eigenvalue weighted by Gasteiger charge is -2.12. The molecule has 0 amide bonds. The van der Waals surface area contributed by atoms with Crippen LogP contribution in [0.1, 0.15) is 0 Å².